The molecule has 0 saturated carbocycles. The minimum Gasteiger partial charge on any atom is -0.497 e. The average molecular weight is 168 g/mol. The van der Waals surface area contributed by atoms with Gasteiger partial charge in [-0.15, -0.1) is 0 Å². The smallest absolute Gasteiger partial charge is 0.148 e. The van der Waals surface area contributed by atoms with Gasteiger partial charge in [-0.25, -0.2) is 4.39 Å². The van der Waals surface area contributed by atoms with Gasteiger partial charge >= 0.3 is 0 Å². The highest BCUT2D eigenvalue weighted by molar-refractivity contribution is 6.34. The number of ether oxygens (including phenoxy) is 1. The average Bonchev–Trinajstić information content (AvgIpc) is 2.10. The molecule has 0 atom stereocenters. The third-order valence-electron chi connectivity index (χ3n) is 1.81. The van der Waals surface area contributed by atoms with Crippen LogP contribution in [0, 0.1) is 5.82 Å². The maximum atomic E-state index is 13.2. The lowest BCUT2D eigenvalue weighted by Gasteiger charge is -2.07. The van der Waals surface area contributed by atoms with E-state index in [9.17, 15) is 4.39 Å². The van der Waals surface area contributed by atoms with Crippen molar-refractivity contribution in [1.29, 1.82) is 0 Å². The molecule has 2 nitrogen and oxygen atoms in total. The number of hydrogen-bond acceptors (Lipinski definition) is 2. The predicted molar refractivity (Wildman–Crippen MR) is 47.1 cm³/mol. The zero-order chi connectivity index (χ0) is 9.14. The van der Waals surface area contributed by atoms with Gasteiger partial charge in [0, 0.05) is 5.56 Å². The standard InChI is InChI=1S/C8H10BFO2/c1-12-6-3-2-5(4-11)8(10)7(6)9/h2-3,11H,4,9H2,1H3. The summed E-state index contributed by atoms with van der Waals surface area (Å²) in [5.41, 5.74) is 0.734. The first kappa shape index (κ1) is 9.07. The van der Waals surface area contributed by atoms with Crippen molar-refractivity contribution in [3.63, 3.8) is 0 Å². The number of rotatable bonds is 2. The number of methoxy groups -OCH3 is 1. The maximum absolute atomic E-state index is 13.2. The lowest BCUT2D eigenvalue weighted by Crippen LogP contribution is -2.14. The lowest BCUT2D eigenvalue weighted by molar-refractivity contribution is 0.275. The molecule has 0 radical (unpaired) electrons. The minimum absolute atomic E-state index is 0.281. The first-order valence-electron chi connectivity index (χ1n) is 3.63. The van der Waals surface area contributed by atoms with Gasteiger partial charge in [0.25, 0.3) is 0 Å². The van der Waals surface area contributed by atoms with Crippen molar-refractivity contribution in [1.82, 2.24) is 0 Å². The van der Waals surface area contributed by atoms with E-state index in [1.807, 2.05) is 0 Å². The van der Waals surface area contributed by atoms with Gasteiger partial charge in [-0.3, -0.25) is 0 Å². The van der Waals surface area contributed by atoms with Crippen LogP contribution in [0.2, 0.25) is 0 Å². The SMILES string of the molecule is Bc1c(OC)ccc(CO)c1F. The van der Waals surface area contributed by atoms with Crippen LogP contribution in [0.25, 0.3) is 0 Å². The Morgan fingerprint density at radius 1 is 1.58 bits per heavy atom. The van der Waals surface area contributed by atoms with Gasteiger partial charge in [-0.1, -0.05) is 6.07 Å². The Hall–Kier alpha value is -1.03. The quantitative estimate of drug-likeness (QED) is 0.608. The van der Waals surface area contributed by atoms with Gasteiger partial charge in [0.15, 0.2) is 0 Å². The highest BCUT2D eigenvalue weighted by Crippen LogP contribution is 2.12. The lowest BCUT2D eigenvalue weighted by atomic mass is 9.92. The van der Waals surface area contributed by atoms with Crippen molar-refractivity contribution in [2.75, 3.05) is 7.11 Å². The highest BCUT2D eigenvalue weighted by Gasteiger charge is 2.08. The molecule has 0 fully saturated rings. The first-order chi connectivity index (χ1) is 5.70. The molecule has 1 aromatic carbocycles. The second-order valence-electron chi connectivity index (χ2n) is 2.52. The molecule has 12 heavy (non-hydrogen) atoms. The molecule has 0 aliphatic rings. The van der Waals surface area contributed by atoms with E-state index in [1.54, 1.807) is 13.9 Å². The molecule has 0 amide bonds. The molecule has 1 aromatic rings. The molecule has 4 heteroatoms. The Balaban J connectivity index is 3.20. The van der Waals surface area contributed by atoms with Crippen LogP contribution in [0.15, 0.2) is 12.1 Å². The van der Waals surface area contributed by atoms with Crippen LogP contribution in [0.3, 0.4) is 0 Å². The summed E-state index contributed by atoms with van der Waals surface area (Å²) in [5, 5.41) is 8.73. The molecule has 0 bridgehead atoms. The summed E-state index contributed by atoms with van der Waals surface area (Å²) in [6.07, 6.45) is 0. The Morgan fingerprint density at radius 2 is 2.25 bits per heavy atom. The summed E-state index contributed by atoms with van der Waals surface area (Å²) >= 11 is 0. The molecule has 0 spiro atoms. The Labute approximate surface area is 71.4 Å². The van der Waals surface area contributed by atoms with Crippen molar-refractivity contribution in [2.45, 2.75) is 6.61 Å². The second kappa shape index (κ2) is 3.58. The maximum Gasteiger partial charge on any atom is 0.148 e. The number of benzene rings is 1. The van der Waals surface area contributed by atoms with E-state index in [-0.39, 0.29) is 6.61 Å². The van der Waals surface area contributed by atoms with E-state index in [0.717, 1.165) is 0 Å². The van der Waals surface area contributed by atoms with Crippen molar-refractivity contribution < 1.29 is 14.2 Å². The number of hydrogen-bond donors (Lipinski definition) is 1. The van der Waals surface area contributed by atoms with Crippen LogP contribution in [-0.2, 0) is 6.61 Å². The third kappa shape index (κ3) is 1.43. The summed E-state index contributed by atoms with van der Waals surface area (Å²) in [7, 11) is 3.10. The molecule has 0 heterocycles. The summed E-state index contributed by atoms with van der Waals surface area (Å²) in [6, 6.07) is 3.16. The molecule has 0 aliphatic heterocycles. The number of aliphatic hydroxyl groups is 1. The molecule has 0 aliphatic carbocycles. The Bertz CT molecular complexity index is 260. The summed E-state index contributed by atoms with van der Waals surface area (Å²) < 4.78 is 18.1. The molecule has 0 saturated heterocycles. The molecule has 1 N–H and O–H groups in total. The van der Waals surface area contributed by atoms with Crippen LogP contribution in [-0.4, -0.2) is 20.1 Å². The van der Waals surface area contributed by atoms with E-state index < -0.39 is 5.82 Å². The highest BCUT2D eigenvalue weighted by atomic mass is 19.1. The van der Waals surface area contributed by atoms with Crippen LogP contribution in [0.5, 0.6) is 5.75 Å². The van der Waals surface area contributed by atoms with Gasteiger partial charge in [0.2, 0.25) is 0 Å². The van der Waals surface area contributed by atoms with E-state index >= 15 is 0 Å². The van der Waals surface area contributed by atoms with Gasteiger partial charge < -0.3 is 9.84 Å². The van der Waals surface area contributed by atoms with Crippen LogP contribution in [0.4, 0.5) is 4.39 Å². The van der Waals surface area contributed by atoms with E-state index in [0.29, 0.717) is 16.8 Å². The van der Waals surface area contributed by atoms with Crippen molar-refractivity contribution in [2.24, 2.45) is 0 Å². The fraction of sp³-hybridized carbons (Fsp3) is 0.250. The van der Waals surface area contributed by atoms with Gasteiger partial charge in [-0.2, -0.15) is 0 Å². The molecular weight excluding hydrogens is 158 g/mol. The fourth-order valence-electron chi connectivity index (χ4n) is 1.07. The molecule has 64 valence electrons. The van der Waals surface area contributed by atoms with Crippen LogP contribution in [0.1, 0.15) is 5.56 Å². The zero-order valence-corrected chi connectivity index (χ0v) is 7.10. The third-order valence-corrected chi connectivity index (χ3v) is 1.81. The number of halogens is 1. The summed E-state index contributed by atoms with van der Waals surface area (Å²) in [5.74, 6) is 0.113. The largest absolute Gasteiger partial charge is 0.497 e. The first-order valence-corrected chi connectivity index (χ1v) is 3.63. The van der Waals surface area contributed by atoms with Gasteiger partial charge in [0.05, 0.1) is 13.7 Å². The minimum atomic E-state index is -0.392. The van der Waals surface area contributed by atoms with Crippen LogP contribution >= 0.6 is 0 Å². The van der Waals surface area contributed by atoms with Crippen molar-refractivity contribution in [3.8, 4) is 5.75 Å². The van der Waals surface area contributed by atoms with Crippen LogP contribution < -0.4 is 10.2 Å². The van der Waals surface area contributed by atoms with Gasteiger partial charge in [-0.05, 0) is 11.5 Å². The zero-order valence-electron chi connectivity index (χ0n) is 7.10. The number of aliphatic hydroxyl groups excluding tert-OH is 1. The predicted octanol–water partition coefficient (Wildman–Crippen LogP) is -0.415. The Morgan fingerprint density at radius 3 is 2.75 bits per heavy atom. The molecule has 0 aromatic heterocycles. The second-order valence-corrected chi connectivity index (χ2v) is 2.52. The molecule has 0 unspecified atom stereocenters. The van der Waals surface area contributed by atoms with E-state index in [4.69, 9.17) is 9.84 Å². The van der Waals surface area contributed by atoms with E-state index in [2.05, 4.69) is 0 Å². The monoisotopic (exact) mass is 168 g/mol. The van der Waals surface area contributed by atoms with Crippen molar-refractivity contribution in [3.05, 3.63) is 23.5 Å². The molecule has 1 rings (SSSR count). The Kier molecular flexibility index (Phi) is 2.71. The normalized spacial score (nSPS) is 9.92. The summed E-state index contributed by atoms with van der Waals surface area (Å²) in [6.45, 7) is -0.281. The van der Waals surface area contributed by atoms with Crippen molar-refractivity contribution >= 4 is 13.3 Å². The molecular formula is C8H10BFO2. The fourth-order valence-corrected chi connectivity index (χ4v) is 1.07. The summed E-state index contributed by atoms with van der Waals surface area (Å²) in [4.78, 5) is 0. The van der Waals surface area contributed by atoms with E-state index in [1.165, 1.54) is 13.2 Å². The topological polar surface area (TPSA) is 29.5 Å². The van der Waals surface area contributed by atoms with Gasteiger partial charge in [0.1, 0.15) is 19.4 Å².